The molecule has 5 aromatic rings. The summed E-state index contributed by atoms with van der Waals surface area (Å²) >= 11 is 1.56. The largest absolute Gasteiger partial charge is 0.493 e. The number of nitrogens with one attached hydrogen (secondary N) is 2. The van der Waals surface area contributed by atoms with Crippen LogP contribution in [0.3, 0.4) is 0 Å². The summed E-state index contributed by atoms with van der Waals surface area (Å²) in [6, 6.07) is 25.8. The van der Waals surface area contributed by atoms with Crippen LogP contribution in [0.1, 0.15) is 32.9 Å². The smallest absolute Gasteiger partial charge is 0.252 e. The van der Waals surface area contributed by atoms with E-state index in [1.807, 2.05) is 66.7 Å². The van der Waals surface area contributed by atoms with Crippen molar-refractivity contribution in [3.05, 3.63) is 113 Å². The number of benzene rings is 3. The molecule has 0 saturated heterocycles. The molecule has 0 unspecified atom stereocenters. The molecule has 2 N–H and O–H groups in total. The van der Waals surface area contributed by atoms with Gasteiger partial charge in [-0.05, 0) is 71.8 Å². The number of fused-ring (bicyclic) bond motifs is 2. The van der Waals surface area contributed by atoms with E-state index in [2.05, 4.69) is 44.8 Å². The highest BCUT2D eigenvalue weighted by atomic mass is 32.2. The van der Waals surface area contributed by atoms with Gasteiger partial charge in [-0.15, -0.1) is 0 Å². The summed E-state index contributed by atoms with van der Waals surface area (Å²) in [5.41, 5.74) is 5.57. The van der Waals surface area contributed by atoms with Crippen LogP contribution < -0.4 is 10.1 Å². The van der Waals surface area contributed by atoms with Gasteiger partial charge in [-0.25, -0.2) is 0 Å². The van der Waals surface area contributed by atoms with Crippen LogP contribution in [0.15, 0.2) is 94.9 Å². The Hall–Kier alpha value is -4.36. The normalized spacial score (nSPS) is 12.5. The van der Waals surface area contributed by atoms with Crippen LogP contribution >= 0.6 is 11.8 Å². The molecule has 1 aliphatic heterocycles. The maximum atomic E-state index is 13.1. The molecule has 7 heteroatoms. The maximum Gasteiger partial charge on any atom is 0.252 e. The zero-order chi connectivity index (χ0) is 25.0. The maximum absolute atomic E-state index is 13.1. The minimum absolute atomic E-state index is 0.103. The highest BCUT2D eigenvalue weighted by Gasteiger charge is 2.15. The fourth-order valence-corrected chi connectivity index (χ4v) is 5.30. The van der Waals surface area contributed by atoms with E-state index in [4.69, 9.17) is 4.74 Å². The number of aromatic nitrogens is 3. The van der Waals surface area contributed by atoms with E-state index in [-0.39, 0.29) is 5.91 Å². The van der Waals surface area contributed by atoms with E-state index < -0.39 is 0 Å². The number of amides is 1. The van der Waals surface area contributed by atoms with E-state index in [1.165, 1.54) is 5.56 Å². The summed E-state index contributed by atoms with van der Waals surface area (Å²) in [5, 5.41) is 11.7. The molecule has 182 valence electrons. The standard InChI is InChI=1S/C30H24N4O2S/c35-30(32-19-20-8-9-21-14-16-36-28(21)17-20)25-6-1-2-7-29(25)37-23-11-12-24-26(33-34-27(24)18-23)13-10-22-5-3-4-15-31-22/h1-13,15,17-18H,14,16,19H2,(H,32,35)(H,33,34)/b13-10+. The SMILES string of the molecule is O=C(NCc1ccc2c(c1)OCC2)c1ccccc1Sc1ccc2c(/C=C/c3ccccn3)n[nH]c2c1. The van der Waals surface area contributed by atoms with Crippen LogP contribution in [0, 0.1) is 0 Å². The van der Waals surface area contributed by atoms with Crippen LogP contribution in [0.2, 0.25) is 0 Å². The lowest BCUT2D eigenvalue weighted by Crippen LogP contribution is -2.23. The zero-order valence-corrected chi connectivity index (χ0v) is 20.8. The summed E-state index contributed by atoms with van der Waals surface area (Å²) in [4.78, 5) is 19.3. The van der Waals surface area contributed by atoms with Crippen LogP contribution in [0.5, 0.6) is 5.75 Å². The zero-order valence-electron chi connectivity index (χ0n) is 20.0. The number of hydrogen-bond acceptors (Lipinski definition) is 5. The van der Waals surface area contributed by atoms with Crippen molar-refractivity contribution in [2.75, 3.05) is 6.61 Å². The third kappa shape index (κ3) is 5.13. The highest BCUT2D eigenvalue weighted by Crippen LogP contribution is 2.33. The number of carbonyl (C=O) groups excluding carboxylic acids is 1. The topological polar surface area (TPSA) is 79.9 Å². The Balaban J connectivity index is 1.16. The highest BCUT2D eigenvalue weighted by molar-refractivity contribution is 7.99. The molecule has 0 fully saturated rings. The van der Waals surface area contributed by atoms with E-state index in [9.17, 15) is 4.79 Å². The molecule has 6 nitrogen and oxygen atoms in total. The van der Waals surface area contributed by atoms with Crippen LogP contribution in [-0.4, -0.2) is 27.7 Å². The first kappa shape index (κ1) is 23.1. The third-order valence-electron chi connectivity index (χ3n) is 6.24. The Morgan fingerprint density at radius 3 is 2.86 bits per heavy atom. The predicted molar refractivity (Wildman–Crippen MR) is 147 cm³/mol. The molecule has 37 heavy (non-hydrogen) atoms. The first-order chi connectivity index (χ1) is 18.2. The lowest BCUT2D eigenvalue weighted by atomic mass is 10.1. The fraction of sp³-hybridized carbons (Fsp3) is 0.100. The van der Waals surface area contributed by atoms with E-state index in [0.717, 1.165) is 56.4 Å². The van der Waals surface area contributed by atoms with Gasteiger partial charge in [-0.3, -0.25) is 14.9 Å². The lowest BCUT2D eigenvalue weighted by molar-refractivity contribution is 0.0948. The Kier molecular flexibility index (Phi) is 6.44. The van der Waals surface area contributed by atoms with E-state index in [1.54, 1.807) is 18.0 Å². The molecule has 3 aromatic carbocycles. The summed E-state index contributed by atoms with van der Waals surface area (Å²) in [7, 11) is 0. The van der Waals surface area contributed by atoms with Crippen LogP contribution in [0.4, 0.5) is 0 Å². The second-order valence-electron chi connectivity index (χ2n) is 8.73. The monoisotopic (exact) mass is 504 g/mol. The van der Waals surface area contributed by atoms with Gasteiger partial charge in [0.15, 0.2) is 0 Å². The average Bonchev–Trinajstić information content (AvgIpc) is 3.58. The Morgan fingerprint density at radius 2 is 1.95 bits per heavy atom. The quantitative estimate of drug-likeness (QED) is 0.278. The number of aromatic amines is 1. The summed E-state index contributed by atoms with van der Waals surface area (Å²) in [5.74, 6) is 0.821. The third-order valence-corrected chi connectivity index (χ3v) is 7.30. The number of rotatable bonds is 7. The Bertz CT molecular complexity index is 1610. The first-order valence-corrected chi connectivity index (χ1v) is 12.9. The fourth-order valence-electron chi connectivity index (χ4n) is 4.32. The molecular weight excluding hydrogens is 480 g/mol. The number of nitrogens with zero attached hydrogens (tertiary/aromatic N) is 2. The molecule has 0 saturated carbocycles. The minimum atomic E-state index is -0.103. The molecule has 0 spiro atoms. The second kappa shape index (κ2) is 10.3. The van der Waals surface area contributed by atoms with Gasteiger partial charge in [-0.2, -0.15) is 5.10 Å². The lowest BCUT2D eigenvalue weighted by Gasteiger charge is -2.11. The first-order valence-electron chi connectivity index (χ1n) is 12.1. The van der Waals surface area contributed by atoms with Crippen molar-refractivity contribution >= 4 is 40.7 Å². The van der Waals surface area contributed by atoms with Gasteiger partial charge in [0.25, 0.3) is 5.91 Å². The number of pyridine rings is 1. The molecule has 1 aliphatic rings. The van der Waals surface area contributed by atoms with Crippen molar-refractivity contribution < 1.29 is 9.53 Å². The summed E-state index contributed by atoms with van der Waals surface area (Å²) < 4.78 is 5.65. The van der Waals surface area contributed by atoms with E-state index >= 15 is 0 Å². The molecular formula is C30H24N4O2S. The van der Waals surface area contributed by atoms with Gasteiger partial charge in [0.2, 0.25) is 0 Å². The molecule has 0 radical (unpaired) electrons. The predicted octanol–water partition coefficient (Wildman–Crippen LogP) is 6.14. The number of carbonyl (C=O) groups is 1. The Labute approximate surface area is 218 Å². The van der Waals surface area contributed by atoms with Crippen molar-refractivity contribution in [2.45, 2.75) is 22.8 Å². The van der Waals surface area contributed by atoms with Crippen molar-refractivity contribution in [1.29, 1.82) is 0 Å². The number of H-pyrrole nitrogens is 1. The van der Waals surface area contributed by atoms with Gasteiger partial charge in [0.1, 0.15) is 5.75 Å². The van der Waals surface area contributed by atoms with Crippen molar-refractivity contribution in [3.8, 4) is 5.75 Å². The van der Waals surface area contributed by atoms with Crippen molar-refractivity contribution in [1.82, 2.24) is 20.5 Å². The molecule has 0 aliphatic carbocycles. The van der Waals surface area contributed by atoms with Gasteiger partial charge >= 0.3 is 0 Å². The van der Waals surface area contributed by atoms with Gasteiger partial charge in [0.05, 0.1) is 29.1 Å². The van der Waals surface area contributed by atoms with Crippen molar-refractivity contribution in [3.63, 3.8) is 0 Å². The second-order valence-corrected chi connectivity index (χ2v) is 9.84. The van der Waals surface area contributed by atoms with E-state index in [0.29, 0.717) is 12.1 Å². The number of hydrogen-bond donors (Lipinski definition) is 2. The van der Waals surface area contributed by atoms with Crippen LogP contribution in [0.25, 0.3) is 23.1 Å². The number of ether oxygens (including phenoxy) is 1. The van der Waals surface area contributed by atoms with Gasteiger partial charge in [-0.1, -0.05) is 42.1 Å². The molecule has 0 atom stereocenters. The van der Waals surface area contributed by atoms with Gasteiger partial charge in [0, 0.05) is 34.3 Å². The Morgan fingerprint density at radius 1 is 1.03 bits per heavy atom. The summed E-state index contributed by atoms with van der Waals surface area (Å²) in [6.07, 6.45) is 6.62. The van der Waals surface area contributed by atoms with Crippen LogP contribution in [-0.2, 0) is 13.0 Å². The molecule has 2 aromatic heterocycles. The molecule has 3 heterocycles. The molecule has 6 rings (SSSR count). The molecule has 0 bridgehead atoms. The van der Waals surface area contributed by atoms with Crippen molar-refractivity contribution in [2.24, 2.45) is 0 Å². The molecule has 1 amide bonds. The van der Waals surface area contributed by atoms with Gasteiger partial charge < -0.3 is 10.1 Å². The summed E-state index contributed by atoms with van der Waals surface area (Å²) in [6.45, 7) is 1.17. The minimum Gasteiger partial charge on any atom is -0.493 e. The average molecular weight is 505 g/mol.